The quantitative estimate of drug-likeness (QED) is 0.653. The zero-order valence-electron chi connectivity index (χ0n) is 7.79. The maximum atomic E-state index is 9.49. The van der Waals surface area contributed by atoms with E-state index in [2.05, 4.69) is 12.2 Å². The Morgan fingerprint density at radius 2 is 1.92 bits per heavy atom. The van der Waals surface area contributed by atoms with E-state index in [1.165, 1.54) is 19.3 Å². The lowest BCUT2D eigenvalue weighted by Crippen LogP contribution is -2.42. The van der Waals surface area contributed by atoms with Gasteiger partial charge in [0.1, 0.15) is 0 Å². The van der Waals surface area contributed by atoms with Gasteiger partial charge in [-0.3, -0.25) is 0 Å². The van der Waals surface area contributed by atoms with Crippen LogP contribution in [0.15, 0.2) is 0 Å². The molecular weight excluding hydrogens is 150 g/mol. The lowest BCUT2D eigenvalue weighted by Gasteiger charge is -2.32. The van der Waals surface area contributed by atoms with E-state index in [0.29, 0.717) is 6.04 Å². The molecule has 2 fully saturated rings. The third-order valence-corrected chi connectivity index (χ3v) is 3.20. The first-order chi connectivity index (χ1) is 5.75. The van der Waals surface area contributed by atoms with E-state index in [1.807, 2.05) is 0 Å². The second-order valence-electron chi connectivity index (χ2n) is 4.49. The van der Waals surface area contributed by atoms with Crippen molar-refractivity contribution >= 4 is 0 Å². The van der Waals surface area contributed by atoms with Crippen LogP contribution in [-0.2, 0) is 0 Å². The van der Waals surface area contributed by atoms with Gasteiger partial charge in [-0.05, 0) is 38.0 Å². The maximum absolute atomic E-state index is 9.49. The van der Waals surface area contributed by atoms with Crippen molar-refractivity contribution < 1.29 is 5.11 Å². The average molecular weight is 169 g/mol. The highest BCUT2D eigenvalue weighted by Crippen LogP contribution is 2.28. The highest BCUT2D eigenvalue weighted by atomic mass is 16.3. The zero-order chi connectivity index (χ0) is 8.55. The van der Waals surface area contributed by atoms with E-state index in [-0.39, 0.29) is 6.10 Å². The number of hydrogen-bond acceptors (Lipinski definition) is 2. The van der Waals surface area contributed by atoms with Crippen LogP contribution in [0.5, 0.6) is 0 Å². The van der Waals surface area contributed by atoms with Crippen molar-refractivity contribution in [3.63, 3.8) is 0 Å². The molecule has 3 atom stereocenters. The van der Waals surface area contributed by atoms with Crippen LogP contribution < -0.4 is 5.32 Å². The summed E-state index contributed by atoms with van der Waals surface area (Å²) >= 11 is 0. The highest BCUT2D eigenvalue weighted by molar-refractivity contribution is 4.90. The molecule has 2 N–H and O–H groups in total. The molecule has 0 heterocycles. The molecule has 3 unspecified atom stereocenters. The summed E-state index contributed by atoms with van der Waals surface area (Å²) in [6.07, 6.45) is 5.81. The Bertz CT molecular complexity index is 154. The summed E-state index contributed by atoms with van der Waals surface area (Å²) in [5, 5.41) is 13.1. The van der Waals surface area contributed by atoms with Crippen LogP contribution in [-0.4, -0.2) is 23.3 Å². The van der Waals surface area contributed by atoms with Gasteiger partial charge in [0.05, 0.1) is 6.10 Å². The standard InChI is InChI=1S/C10H19NO/c1-7-2-5-9(12)6-10(7)11-8-3-4-8/h7-12H,2-6H2,1H3. The van der Waals surface area contributed by atoms with Crippen molar-refractivity contribution in [1.29, 1.82) is 0 Å². The summed E-state index contributed by atoms with van der Waals surface area (Å²) < 4.78 is 0. The summed E-state index contributed by atoms with van der Waals surface area (Å²) in [5.74, 6) is 0.758. The molecule has 0 amide bonds. The normalized spacial score (nSPS) is 43.0. The fourth-order valence-corrected chi connectivity index (χ4v) is 2.08. The van der Waals surface area contributed by atoms with Crippen LogP contribution in [0.25, 0.3) is 0 Å². The SMILES string of the molecule is CC1CCC(O)CC1NC1CC1. The average Bonchev–Trinajstić information content (AvgIpc) is 2.81. The molecule has 2 nitrogen and oxygen atoms in total. The van der Waals surface area contributed by atoms with Gasteiger partial charge in [-0.2, -0.15) is 0 Å². The van der Waals surface area contributed by atoms with E-state index in [4.69, 9.17) is 0 Å². The van der Waals surface area contributed by atoms with Crippen molar-refractivity contribution in [3.8, 4) is 0 Å². The second-order valence-corrected chi connectivity index (χ2v) is 4.49. The van der Waals surface area contributed by atoms with Crippen LogP contribution in [0.2, 0.25) is 0 Å². The second kappa shape index (κ2) is 3.35. The minimum absolute atomic E-state index is 0.0440. The van der Waals surface area contributed by atoms with E-state index in [1.54, 1.807) is 0 Å². The first-order valence-electron chi connectivity index (χ1n) is 5.20. The minimum atomic E-state index is -0.0440. The Morgan fingerprint density at radius 3 is 2.58 bits per heavy atom. The Morgan fingerprint density at radius 1 is 1.17 bits per heavy atom. The molecule has 0 aromatic rings. The first-order valence-corrected chi connectivity index (χ1v) is 5.20. The summed E-state index contributed by atoms with van der Waals surface area (Å²) in [6, 6.07) is 1.36. The molecule has 12 heavy (non-hydrogen) atoms. The van der Waals surface area contributed by atoms with Crippen molar-refractivity contribution in [1.82, 2.24) is 5.32 Å². The zero-order valence-corrected chi connectivity index (χ0v) is 7.79. The molecule has 2 aliphatic rings. The predicted molar refractivity (Wildman–Crippen MR) is 49.0 cm³/mol. The molecule has 0 saturated heterocycles. The van der Waals surface area contributed by atoms with Gasteiger partial charge in [-0.1, -0.05) is 6.92 Å². The van der Waals surface area contributed by atoms with Crippen LogP contribution in [0.3, 0.4) is 0 Å². The molecule has 0 aliphatic heterocycles. The summed E-state index contributed by atoms with van der Waals surface area (Å²) in [5.41, 5.74) is 0. The van der Waals surface area contributed by atoms with Crippen LogP contribution in [0.4, 0.5) is 0 Å². The van der Waals surface area contributed by atoms with E-state index >= 15 is 0 Å². The Labute approximate surface area is 74.4 Å². The van der Waals surface area contributed by atoms with E-state index in [9.17, 15) is 5.11 Å². The van der Waals surface area contributed by atoms with Crippen LogP contribution in [0.1, 0.15) is 39.0 Å². The van der Waals surface area contributed by atoms with Gasteiger partial charge < -0.3 is 10.4 Å². The molecule has 0 aromatic heterocycles. The third-order valence-electron chi connectivity index (χ3n) is 3.20. The molecule has 0 radical (unpaired) electrons. The smallest absolute Gasteiger partial charge is 0.0555 e. The number of rotatable bonds is 2. The molecule has 2 heteroatoms. The first kappa shape index (κ1) is 8.52. The van der Waals surface area contributed by atoms with E-state index in [0.717, 1.165) is 24.8 Å². The van der Waals surface area contributed by atoms with Gasteiger partial charge in [0, 0.05) is 12.1 Å². The summed E-state index contributed by atoms with van der Waals surface area (Å²) in [6.45, 7) is 2.30. The molecule has 0 bridgehead atoms. The summed E-state index contributed by atoms with van der Waals surface area (Å²) in [4.78, 5) is 0. The molecule has 70 valence electrons. The topological polar surface area (TPSA) is 32.3 Å². The predicted octanol–water partition coefficient (Wildman–Crippen LogP) is 1.29. The van der Waals surface area contributed by atoms with Crippen LogP contribution >= 0.6 is 0 Å². The van der Waals surface area contributed by atoms with Crippen LogP contribution in [0, 0.1) is 5.92 Å². The van der Waals surface area contributed by atoms with Crippen molar-refractivity contribution in [2.24, 2.45) is 5.92 Å². The highest BCUT2D eigenvalue weighted by Gasteiger charge is 2.31. The minimum Gasteiger partial charge on any atom is -0.393 e. The lowest BCUT2D eigenvalue weighted by molar-refractivity contribution is 0.0881. The molecule has 2 saturated carbocycles. The van der Waals surface area contributed by atoms with Crippen molar-refractivity contribution in [2.45, 2.75) is 57.2 Å². The van der Waals surface area contributed by atoms with Gasteiger partial charge in [0.15, 0.2) is 0 Å². The number of aliphatic hydroxyl groups excluding tert-OH is 1. The van der Waals surface area contributed by atoms with Gasteiger partial charge in [0.2, 0.25) is 0 Å². The van der Waals surface area contributed by atoms with Crippen molar-refractivity contribution in [2.75, 3.05) is 0 Å². The monoisotopic (exact) mass is 169 g/mol. The fraction of sp³-hybridized carbons (Fsp3) is 1.00. The summed E-state index contributed by atoms with van der Waals surface area (Å²) in [7, 11) is 0. The van der Waals surface area contributed by atoms with E-state index < -0.39 is 0 Å². The van der Waals surface area contributed by atoms with Crippen molar-refractivity contribution in [3.05, 3.63) is 0 Å². The van der Waals surface area contributed by atoms with Gasteiger partial charge >= 0.3 is 0 Å². The maximum Gasteiger partial charge on any atom is 0.0555 e. The molecule has 0 aromatic carbocycles. The number of aliphatic hydroxyl groups is 1. The molecule has 0 spiro atoms. The Kier molecular flexibility index (Phi) is 2.37. The fourth-order valence-electron chi connectivity index (χ4n) is 2.08. The van der Waals surface area contributed by atoms with Gasteiger partial charge in [0.25, 0.3) is 0 Å². The molecule has 2 aliphatic carbocycles. The lowest BCUT2D eigenvalue weighted by atomic mass is 9.84. The molecule has 2 rings (SSSR count). The number of hydrogen-bond donors (Lipinski definition) is 2. The number of nitrogens with one attached hydrogen (secondary N) is 1. The third kappa shape index (κ3) is 1.99. The largest absolute Gasteiger partial charge is 0.393 e. The Hall–Kier alpha value is -0.0800. The van der Waals surface area contributed by atoms with Gasteiger partial charge in [-0.15, -0.1) is 0 Å². The van der Waals surface area contributed by atoms with Gasteiger partial charge in [-0.25, -0.2) is 0 Å². The molecular formula is C10H19NO. The Balaban J connectivity index is 1.82.